The van der Waals surface area contributed by atoms with E-state index in [0.29, 0.717) is 32.7 Å². The molecule has 1 aromatic carbocycles. The van der Waals surface area contributed by atoms with E-state index < -0.39 is 32.8 Å². The van der Waals surface area contributed by atoms with E-state index in [2.05, 4.69) is 0 Å². The number of hydrogen-bond acceptors (Lipinski definition) is 8. The number of piperazine rings is 1. The molecule has 0 aromatic heterocycles. The van der Waals surface area contributed by atoms with Crippen LogP contribution in [0.1, 0.15) is 10.4 Å². The van der Waals surface area contributed by atoms with Gasteiger partial charge in [-0.2, -0.15) is 0 Å². The van der Waals surface area contributed by atoms with Gasteiger partial charge in [0.1, 0.15) is 12.2 Å². The minimum Gasteiger partial charge on any atom is -0.545 e. The van der Waals surface area contributed by atoms with Crippen molar-refractivity contribution in [3.05, 3.63) is 37.9 Å². The molecule has 24 heavy (non-hydrogen) atoms. The number of carboxylic acids is 1. The summed E-state index contributed by atoms with van der Waals surface area (Å²) in [6.45, 7) is 2.31. The highest BCUT2D eigenvalue weighted by Crippen LogP contribution is 2.36. The number of carboxylic acid groups (broad SMARTS) is 1. The number of benzene rings is 1. The smallest absolute Gasteiger partial charge is 0.300 e. The van der Waals surface area contributed by atoms with Crippen LogP contribution in [0.5, 0.6) is 0 Å². The summed E-state index contributed by atoms with van der Waals surface area (Å²) < 4.78 is 0. The summed E-state index contributed by atoms with van der Waals surface area (Å²) in [4.78, 5) is 34.4. The number of aromatic carboxylic acids is 1. The standard InChI is InChI=1S/C13H16N4O7/c18-6-5-14-1-3-15(4-2-14)12-10(13(19)20)7-9(16(21)22)8-11(12)17(23)24/h7-8,18H,1-6H2,(H,19,20). The molecule has 1 heterocycles. The molecule has 0 radical (unpaired) electrons. The Bertz CT molecular complexity index is 635. The normalized spacial score (nSPS) is 15.3. The Labute approximate surface area is 136 Å². The molecule has 1 fully saturated rings. The van der Waals surface area contributed by atoms with Crippen LogP contribution < -0.4 is 14.9 Å². The average molecular weight is 340 g/mol. The van der Waals surface area contributed by atoms with Crippen molar-refractivity contribution in [3.8, 4) is 0 Å². The Hall–Kier alpha value is -2.79. The Morgan fingerprint density at radius 3 is 2.29 bits per heavy atom. The minimum atomic E-state index is -1.71. The number of nitro benzene ring substituents is 2. The molecule has 2 rings (SSSR count). The molecule has 1 aliphatic heterocycles. The number of nitrogens with one attached hydrogen (secondary N) is 1. The summed E-state index contributed by atoms with van der Waals surface area (Å²) in [5.74, 6) is -1.71. The second-order valence-electron chi connectivity index (χ2n) is 5.37. The third-order valence-electron chi connectivity index (χ3n) is 3.95. The maximum absolute atomic E-state index is 11.4. The summed E-state index contributed by atoms with van der Waals surface area (Å²) in [6, 6.07) is 1.54. The predicted molar refractivity (Wildman–Crippen MR) is 78.9 cm³/mol. The zero-order valence-corrected chi connectivity index (χ0v) is 12.6. The van der Waals surface area contributed by atoms with Gasteiger partial charge in [-0.05, 0) is 0 Å². The number of carbonyl (C=O) groups excluding carboxylic acids is 1. The number of nitrogens with zero attached hydrogens (tertiary/aromatic N) is 3. The Balaban J connectivity index is 2.46. The van der Waals surface area contributed by atoms with Crippen molar-refractivity contribution >= 4 is 23.0 Å². The van der Waals surface area contributed by atoms with Crippen molar-refractivity contribution in [2.75, 3.05) is 44.2 Å². The van der Waals surface area contributed by atoms with Crippen molar-refractivity contribution in [2.45, 2.75) is 0 Å². The lowest BCUT2D eigenvalue weighted by atomic mass is 10.1. The first-order valence-electron chi connectivity index (χ1n) is 7.22. The summed E-state index contributed by atoms with van der Waals surface area (Å²) in [5, 5.41) is 42.5. The van der Waals surface area contributed by atoms with E-state index in [0.717, 1.165) is 17.0 Å². The van der Waals surface area contributed by atoms with Crippen LogP contribution in [0.25, 0.3) is 0 Å². The fourth-order valence-corrected chi connectivity index (χ4v) is 2.79. The van der Waals surface area contributed by atoms with Gasteiger partial charge in [-0.25, -0.2) is 0 Å². The predicted octanol–water partition coefficient (Wildman–Crippen LogP) is -2.44. The van der Waals surface area contributed by atoms with Gasteiger partial charge in [0.15, 0.2) is 0 Å². The van der Waals surface area contributed by atoms with Crippen molar-refractivity contribution in [3.63, 3.8) is 0 Å². The van der Waals surface area contributed by atoms with E-state index >= 15 is 0 Å². The lowest BCUT2D eigenvalue weighted by molar-refractivity contribution is -0.900. The first-order chi connectivity index (χ1) is 11.3. The van der Waals surface area contributed by atoms with Gasteiger partial charge in [0.25, 0.3) is 11.4 Å². The van der Waals surface area contributed by atoms with Crippen molar-refractivity contribution in [2.24, 2.45) is 0 Å². The monoisotopic (exact) mass is 340 g/mol. The van der Waals surface area contributed by atoms with Crippen LogP contribution in [-0.2, 0) is 0 Å². The molecule has 1 saturated heterocycles. The highest BCUT2D eigenvalue weighted by molar-refractivity contribution is 5.97. The molecule has 0 aliphatic carbocycles. The first-order valence-corrected chi connectivity index (χ1v) is 7.22. The van der Waals surface area contributed by atoms with E-state index in [9.17, 15) is 30.1 Å². The maximum Gasteiger partial charge on any atom is 0.300 e. The highest BCUT2D eigenvalue weighted by atomic mass is 16.6. The number of aliphatic hydroxyl groups excluding tert-OH is 1. The Kier molecular flexibility index (Phi) is 5.26. The van der Waals surface area contributed by atoms with E-state index in [1.54, 1.807) is 0 Å². The molecule has 11 nitrogen and oxygen atoms in total. The number of carbonyl (C=O) groups is 1. The summed E-state index contributed by atoms with van der Waals surface area (Å²) in [5.41, 5.74) is -2.04. The number of hydrogen-bond donors (Lipinski definition) is 2. The zero-order valence-electron chi connectivity index (χ0n) is 12.6. The van der Waals surface area contributed by atoms with Crippen LogP contribution in [0.15, 0.2) is 12.1 Å². The molecule has 130 valence electrons. The van der Waals surface area contributed by atoms with Crippen LogP contribution in [0, 0.1) is 20.2 Å². The molecular weight excluding hydrogens is 324 g/mol. The molecule has 2 N–H and O–H groups in total. The topological polar surface area (TPSA) is 154 Å². The van der Waals surface area contributed by atoms with E-state index in [1.165, 1.54) is 4.90 Å². The van der Waals surface area contributed by atoms with Crippen molar-refractivity contribution in [1.29, 1.82) is 0 Å². The average Bonchev–Trinajstić information content (AvgIpc) is 2.54. The fourth-order valence-electron chi connectivity index (χ4n) is 2.79. The first kappa shape index (κ1) is 17.6. The van der Waals surface area contributed by atoms with Gasteiger partial charge in [0, 0.05) is 11.6 Å². The summed E-state index contributed by atoms with van der Waals surface area (Å²) in [6.07, 6.45) is 0. The third-order valence-corrected chi connectivity index (χ3v) is 3.95. The minimum absolute atomic E-state index is 0.0112. The van der Waals surface area contributed by atoms with Gasteiger partial charge in [0.2, 0.25) is 0 Å². The van der Waals surface area contributed by atoms with Crippen LogP contribution >= 0.6 is 0 Å². The van der Waals surface area contributed by atoms with Crippen LogP contribution in [0.3, 0.4) is 0 Å². The Morgan fingerprint density at radius 1 is 1.21 bits per heavy atom. The van der Waals surface area contributed by atoms with Gasteiger partial charge >= 0.3 is 0 Å². The largest absolute Gasteiger partial charge is 0.545 e. The molecule has 0 spiro atoms. The Morgan fingerprint density at radius 2 is 1.83 bits per heavy atom. The van der Waals surface area contributed by atoms with Gasteiger partial charge in [-0.3, -0.25) is 20.2 Å². The second kappa shape index (κ2) is 7.19. The van der Waals surface area contributed by atoms with Crippen LogP contribution in [0.2, 0.25) is 0 Å². The van der Waals surface area contributed by atoms with E-state index in [4.69, 9.17) is 5.11 Å². The van der Waals surface area contributed by atoms with Crippen molar-refractivity contribution in [1.82, 2.24) is 0 Å². The molecule has 0 saturated carbocycles. The van der Waals surface area contributed by atoms with Gasteiger partial charge in [0.05, 0.1) is 54.7 Å². The van der Waals surface area contributed by atoms with Crippen LogP contribution in [0.4, 0.5) is 17.1 Å². The lowest BCUT2D eigenvalue weighted by Crippen LogP contribution is -3.15. The molecule has 0 unspecified atom stereocenters. The molecule has 1 aliphatic rings. The number of quaternary nitrogens is 1. The number of nitro groups is 2. The molecular formula is C13H16N4O7. The summed E-state index contributed by atoms with van der Waals surface area (Å²) in [7, 11) is 0. The van der Waals surface area contributed by atoms with Crippen molar-refractivity contribution < 1.29 is 29.8 Å². The van der Waals surface area contributed by atoms with Gasteiger partial charge in [-0.15, -0.1) is 0 Å². The van der Waals surface area contributed by atoms with Gasteiger partial charge in [-0.1, -0.05) is 0 Å². The van der Waals surface area contributed by atoms with E-state index in [-0.39, 0.29) is 12.3 Å². The third kappa shape index (κ3) is 3.58. The SMILES string of the molecule is O=C([O-])c1cc([N+](=O)[O-])cc([N+](=O)[O-])c1N1CC[NH+](CCO)CC1. The molecule has 1 aromatic rings. The number of aliphatic hydroxyl groups is 1. The number of non-ortho nitro benzene ring substituents is 1. The molecule has 0 amide bonds. The maximum atomic E-state index is 11.4. The van der Waals surface area contributed by atoms with Crippen LogP contribution in [-0.4, -0.2) is 60.3 Å². The quantitative estimate of drug-likeness (QED) is 0.428. The number of anilines is 1. The van der Waals surface area contributed by atoms with Gasteiger partial charge < -0.3 is 24.8 Å². The highest BCUT2D eigenvalue weighted by Gasteiger charge is 2.31. The molecule has 11 heteroatoms. The molecule has 0 bridgehead atoms. The zero-order chi connectivity index (χ0) is 17.9. The molecule has 0 atom stereocenters. The summed E-state index contributed by atoms with van der Waals surface area (Å²) >= 11 is 0. The van der Waals surface area contributed by atoms with E-state index in [1.807, 2.05) is 0 Å². The number of rotatable bonds is 6. The fraction of sp³-hybridized carbons (Fsp3) is 0.462. The second-order valence-corrected chi connectivity index (χ2v) is 5.37. The lowest BCUT2D eigenvalue weighted by Gasteiger charge is -2.34.